The Morgan fingerprint density at radius 2 is 2.17 bits per heavy atom. The predicted octanol–water partition coefficient (Wildman–Crippen LogP) is -1.57. The summed E-state index contributed by atoms with van der Waals surface area (Å²) in [6.45, 7) is 0.730. The molecule has 3 aromatic heterocycles. The Morgan fingerprint density at radius 1 is 1.36 bits per heavy atom. The maximum Gasteiger partial charge on any atom is 0.349 e. The van der Waals surface area contributed by atoms with Crippen LogP contribution in [0.2, 0.25) is 0 Å². The summed E-state index contributed by atoms with van der Waals surface area (Å²) in [5.41, 5.74) is 6.98. The van der Waals surface area contributed by atoms with E-state index in [9.17, 15) is 23.9 Å². The summed E-state index contributed by atoms with van der Waals surface area (Å²) in [7, 11) is 0. The average Bonchev–Trinajstić information content (AvgIpc) is 3.63. The third-order valence-electron chi connectivity index (χ3n) is 7.27. The van der Waals surface area contributed by atoms with Crippen molar-refractivity contribution in [3.63, 3.8) is 0 Å². The Hall–Kier alpha value is -4.16. The molecule has 0 aliphatic carbocycles. The molecular formula is C24H25FN10O5S2. The molecule has 0 spiro atoms. The summed E-state index contributed by atoms with van der Waals surface area (Å²) in [6, 6.07) is 3.11. The number of halogens is 1. The van der Waals surface area contributed by atoms with Gasteiger partial charge in [-0.2, -0.15) is 9.36 Å². The Labute approximate surface area is 245 Å². The number of anilines is 1. The normalized spacial score (nSPS) is 21.3. The van der Waals surface area contributed by atoms with E-state index in [0.717, 1.165) is 47.9 Å². The van der Waals surface area contributed by atoms with E-state index in [-0.39, 0.29) is 29.0 Å². The molecule has 2 fully saturated rings. The second-order valence-electron chi connectivity index (χ2n) is 9.71. The van der Waals surface area contributed by atoms with Crippen molar-refractivity contribution in [2.75, 3.05) is 31.4 Å². The van der Waals surface area contributed by atoms with Crippen molar-refractivity contribution in [2.24, 2.45) is 5.16 Å². The third-order valence-corrected chi connectivity index (χ3v) is 9.15. The highest BCUT2D eigenvalue weighted by atomic mass is 32.2. The number of amides is 2. The van der Waals surface area contributed by atoms with Gasteiger partial charge in [0.15, 0.2) is 5.13 Å². The van der Waals surface area contributed by atoms with Gasteiger partial charge in [0.2, 0.25) is 17.9 Å². The fraction of sp³-hybridized carbons (Fsp3) is 0.417. The molecule has 42 heavy (non-hydrogen) atoms. The molecule has 0 bridgehead atoms. The number of rotatable bonds is 9. The zero-order chi connectivity index (χ0) is 29.4. The van der Waals surface area contributed by atoms with Crippen molar-refractivity contribution in [3.8, 4) is 0 Å². The van der Waals surface area contributed by atoms with Gasteiger partial charge in [0.25, 0.3) is 18.7 Å². The van der Waals surface area contributed by atoms with Gasteiger partial charge in [0.1, 0.15) is 23.5 Å². The number of hydrogen-bond acceptors (Lipinski definition) is 13. The molecule has 2 unspecified atom stereocenters. The Morgan fingerprint density at radius 3 is 2.88 bits per heavy atom. The molecule has 4 N–H and O–H groups in total. The quantitative estimate of drug-likeness (QED) is 0.109. The van der Waals surface area contributed by atoms with Crippen molar-refractivity contribution in [3.05, 3.63) is 41.8 Å². The van der Waals surface area contributed by atoms with Crippen LogP contribution in [0.5, 0.6) is 0 Å². The number of pyridine rings is 1. The number of imidazole rings is 1. The first-order chi connectivity index (χ1) is 20.4. The summed E-state index contributed by atoms with van der Waals surface area (Å²) in [5.74, 6) is -2.99. The Bertz CT molecular complexity index is 1620. The third kappa shape index (κ3) is 5.05. The smallest absolute Gasteiger partial charge is 0.349 e. The van der Waals surface area contributed by atoms with Gasteiger partial charge >= 0.3 is 5.65 Å². The first kappa shape index (κ1) is 28.0. The number of hydrogen-bond donors (Lipinski definition) is 3. The molecule has 2 atom stereocenters. The molecule has 0 radical (unpaired) electrons. The minimum absolute atomic E-state index is 0.0439. The van der Waals surface area contributed by atoms with E-state index in [1.165, 1.54) is 11.8 Å². The molecule has 3 aliphatic rings. The first-order valence-electron chi connectivity index (χ1n) is 13.0. The second kappa shape index (κ2) is 11.6. The van der Waals surface area contributed by atoms with Gasteiger partial charge in [0.05, 0.1) is 17.9 Å². The van der Waals surface area contributed by atoms with Crippen molar-refractivity contribution in [1.82, 2.24) is 34.4 Å². The lowest BCUT2D eigenvalue weighted by Gasteiger charge is -2.50. The SMILES string of the molecule is Nc1nc(/C(=N/OCF)C(=O)NC2C(=O)N3C(C(=O)[O-])=C(C[n+]4cccc5c4ncn5C4CCNCC4)CSC23)ns1. The zero-order valence-corrected chi connectivity index (χ0v) is 23.6. The summed E-state index contributed by atoms with van der Waals surface area (Å²) in [5, 5.41) is 20.9. The van der Waals surface area contributed by atoms with Crippen molar-refractivity contribution >= 4 is 63.1 Å². The number of carboxylic acid groups (broad SMARTS) is 1. The minimum Gasteiger partial charge on any atom is -0.543 e. The van der Waals surface area contributed by atoms with Gasteiger partial charge in [-0.3, -0.25) is 14.5 Å². The first-order valence-corrected chi connectivity index (χ1v) is 14.8. The van der Waals surface area contributed by atoms with Crippen molar-refractivity contribution < 1.29 is 33.3 Å². The van der Waals surface area contributed by atoms with Crippen LogP contribution in [-0.4, -0.2) is 84.4 Å². The fourth-order valence-corrected chi connectivity index (χ4v) is 7.14. The standard InChI is InChI=1S/C24H25FN10O5S2/c25-10-40-31-15(18-30-24(26)42-32-18)20(36)29-16-21(37)35-17(23(38)39)12(9-41-22(16)35)8-33-7-1-2-14-19(33)28-11-34(14)13-3-5-27-6-4-13/h1-2,7,11,13,16,22,27H,3-6,8-10H2,(H3-,26,29,30,32,36,38,39)/b31-15-. The van der Waals surface area contributed by atoms with Crippen molar-refractivity contribution in [2.45, 2.75) is 36.8 Å². The van der Waals surface area contributed by atoms with E-state index >= 15 is 0 Å². The summed E-state index contributed by atoms with van der Waals surface area (Å²) in [4.78, 5) is 52.4. The van der Waals surface area contributed by atoms with Gasteiger partial charge in [-0.15, -0.1) is 11.8 Å². The van der Waals surface area contributed by atoms with E-state index in [2.05, 4.69) is 39.5 Å². The molecule has 0 aromatic carbocycles. The highest BCUT2D eigenvalue weighted by Gasteiger charge is 2.53. The summed E-state index contributed by atoms with van der Waals surface area (Å²) < 4.78 is 20.5. The van der Waals surface area contributed by atoms with E-state index < -0.39 is 41.8 Å². The van der Waals surface area contributed by atoms with Gasteiger partial charge in [-0.05, 0) is 43.0 Å². The number of fused-ring (bicyclic) bond motifs is 2. The molecule has 6 heterocycles. The molecule has 6 rings (SSSR count). The van der Waals surface area contributed by atoms with Crippen LogP contribution in [0.1, 0.15) is 24.7 Å². The van der Waals surface area contributed by atoms with Gasteiger partial charge < -0.3 is 35.7 Å². The van der Waals surface area contributed by atoms with E-state index in [0.29, 0.717) is 17.3 Å². The van der Waals surface area contributed by atoms with Gasteiger partial charge in [0, 0.05) is 28.9 Å². The number of carbonyl (C=O) groups excluding carboxylic acids is 3. The van der Waals surface area contributed by atoms with Gasteiger partial charge in [-0.25, -0.2) is 8.96 Å². The molecule has 2 amide bonds. The van der Waals surface area contributed by atoms with E-state index in [4.69, 9.17) is 5.73 Å². The number of nitrogens with one attached hydrogen (secondary N) is 2. The molecule has 2 saturated heterocycles. The number of alkyl halides is 1. The van der Waals surface area contributed by atoms with Crippen LogP contribution in [0, 0.1) is 0 Å². The van der Waals surface area contributed by atoms with Crippen LogP contribution in [0.15, 0.2) is 41.1 Å². The Balaban J connectivity index is 1.23. The molecule has 220 valence electrons. The number of aliphatic carboxylic acids is 1. The largest absolute Gasteiger partial charge is 0.543 e. The predicted molar refractivity (Wildman–Crippen MR) is 146 cm³/mol. The topological polar surface area (TPSA) is 197 Å². The lowest BCUT2D eigenvalue weighted by molar-refractivity contribution is -0.664. The van der Waals surface area contributed by atoms with E-state index in [1.54, 1.807) is 0 Å². The number of carboxylic acids is 1. The number of piperidine rings is 1. The van der Waals surface area contributed by atoms with Crippen molar-refractivity contribution in [1.29, 1.82) is 0 Å². The maximum absolute atomic E-state index is 13.2. The lowest BCUT2D eigenvalue weighted by Crippen LogP contribution is -2.71. The van der Waals surface area contributed by atoms with Crippen LogP contribution in [0.25, 0.3) is 11.2 Å². The van der Waals surface area contributed by atoms with Crippen LogP contribution in [-0.2, 0) is 25.8 Å². The van der Waals surface area contributed by atoms with Crippen LogP contribution in [0.4, 0.5) is 9.52 Å². The molecule has 15 nitrogen and oxygen atoms in total. The Kier molecular flexibility index (Phi) is 7.74. The summed E-state index contributed by atoms with van der Waals surface area (Å²) >= 11 is 2.09. The van der Waals surface area contributed by atoms with E-state index in [1.807, 2.05) is 29.2 Å². The molecule has 18 heteroatoms. The minimum atomic E-state index is -1.50. The van der Waals surface area contributed by atoms with Gasteiger partial charge in [-0.1, -0.05) is 5.16 Å². The number of thioether (sulfide) groups is 1. The van der Waals surface area contributed by atoms with Crippen LogP contribution in [0.3, 0.4) is 0 Å². The average molecular weight is 617 g/mol. The number of oxime groups is 1. The number of β-lactam (4-membered cyclic amide) rings is 1. The van der Waals surface area contributed by atoms with Crippen LogP contribution < -0.4 is 26.0 Å². The number of nitrogen functional groups attached to an aromatic ring is 1. The number of carbonyl (C=O) groups is 3. The maximum atomic E-state index is 13.2. The second-order valence-corrected chi connectivity index (χ2v) is 11.6. The summed E-state index contributed by atoms with van der Waals surface area (Å²) in [6.07, 6.45) is 5.60. The monoisotopic (exact) mass is 616 g/mol. The fourth-order valence-electron chi connectivity index (χ4n) is 5.37. The molecule has 3 aromatic rings. The molecule has 0 saturated carbocycles. The lowest BCUT2D eigenvalue weighted by atomic mass is 10.0. The number of nitrogens with zero attached hydrogens (tertiary/aromatic N) is 7. The number of aromatic nitrogens is 5. The highest BCUT2D eigenvalue weighted by Crippen LogP contribution is 2.40. The number of nitrogens with two attached hydrogens (primary N) is 1. The van der Waals surface area contributed by atoms with Crippen LogP contribution >= 0.6 is 23.3 Å². The zero-order valence-electron chi connectivity index (χ0n) is 21.9. The molecular weight excluding hydrogens is 591 g/mol. The molecule has 3 aliphatic heterocycles. The highest BCUT2D eigenvalue weighted by molar-refractivity contribution is 8.00.